The van der Waals surface area contributed by atoms with Gasteiger partial charge in [0.2, 0.25) is 0 Å². The highest BCUT2D eigenvalue weighted by Crippen LogP contribution is 2.24. The Labute approximate surface area is 148 Å². The number of nitrogens with zero attached hydrogens (tertiary/aromatic N) is 3. The van der Waals surface area contributed by atoms with E-state index < -0.39 is 0 Å². The molecule has 1 atom stereocenters. The van der Waals surface area contributed by atoms with Gasteiger partial charge in [0.05, 0.1) is 0 Å². The highest BCUT2D eigenvalue weighted by molar-refractivity contribution is 5.25. The zero-order chi connectivity index (χ0) is 17.1. The molecule has 0 bridgehead atoms. The number of piperidine rings is 1. The summed E-state index contributed by atoms with van der Waals surface area (Å²) in [7, 11) is 4.56. The third-order valence-electron chi connectivity index (χ3n) is 6.07. The van der Waals surface area contributed by atoms with E-state index in [9.17, 15) is 0 Å². The van der Waals surface area contributed by atoms with Crippen molar-refractivity contribution in [2.45, 2.75) is 57.7 Å². The fourth-order valence-corrected chi connectivity index (χ4v) is 4.29. The number of likely N-dealkylation sites (N-methyl/N-ethyl adjacent to an activating group) is 1. The second-order valence-electron chi connectivity index (χ2n) is 8.29. The maximum absolute atomic E-state index is 2.76. The average molecular weight is 330 g/mol. The minimum Gasteiger partial charge on any atom is -0.306 e. The molecular weight excluding hydrogens is 294 g/mol. The number of hydrogen-bond acceptors (Lipinski definition) is 3. The van der Waals surface area contributed by atoms with E-state index in [0.29, 0.717) is 12.0 Å². The molecule has 0 aliphatic carbocycles. The van der Waals surface area contributed by atoms with Crippen LogP contribution in [0.25, 0.3) is 0 Å². The van der Waals surface area contributed by atoms with Crippen LogP contribution >= 0.6 is 0 Å². The van der Waals surface area contributed by atoms with Gasteiger partial charge in [-0.1, -0.05) is 38.1 Å². The third-order valence-corrected chi connectivity index (χ3v) is 6.07. The first kappa shape index (κ1) is 17.9. The molecule has 134 valence electrons. The zero-order valence-corrected chi connectivity index (χ0v) is 16.0. The second-order valence-corrected chi connectivity index (χ2v) is 8.29. The third kappa shape index (κ3) is 4.38. The van der Waals surface area contributed by atoms with E-state index in [1.54, 1.807) is 0 Å². The monoisotopic (exact) mass is 329 g/mol. The summed E-state index contributed by atoms with van der Waals surface area (Å²) in [4.78, 5) is 7.81. The Morgan fingerprint density at radius 3 is 2.58 bits per heavy atom. The number of rotatable bonds is 5. The second kappa shape index (κ2) is 7.99. The lowest BCUT2D eigenvalue weighted by Gasteiger charge is -2.35. The maximum Gasteiger partial charge on any atom is 0.0235 e. The van der Waals surface area contributed by atoms with Crippen molar-refractivity contribution < 1.29 is 0 Å². The van der Waals surface area contributed by atoms with Gasteiger partial charge in [-0.05, 0) is 63.5 Å². The van der Waals surface area contributed by atoms with Crippen LogP contribution in [-0.2, 0) is 6.54 Å². The highest BCUT2D eigenvalue weighted by Gasteiger charge is 2.31. The van der Waals surface area contributed by atoms with Gasteiger partial charge in [-0.25, -0.2) is 0 Å². The smallest absolute Gasteiger partial charge is 0.0235 e. The van der Waals surface area contributed by atoms with E-state index in [1.807, 2.05) is 0 Å². The number of hydrogen-bond donors (Lipinski definition) is 0. The SMILES string of the molecule is CC(C)c1cccc(CN(C)C2CCN(C3CCN(C)CC3)C2)c1. The Kier molecular flexibility index (Phi) is 5.96. The van der Waals surface area contributed by atoms with Crippen LogP contribution in [0, 0.1) is 0 Å². The van der Waals surface area contributed by atoms with Gasteiger partial charge in [-0.2, -0.15) is 0 Å². The first-order valence-electron chi connectivity index (χ1n) is 9.74. The lowest BCUT2D eigenvalue weighted by molar-refractivity contribution is 0.132. The van der Waals surface area contributed by atoms with Crippen LogP contribution in [0.2, 0.25) is 0 Å². The van der Waals surface area contributed by atoms with E-state index in [-0.39, 0.29) is 0 Å². The summed E-state index contributed by atoms with van der Waals surface area (Å²) in [5.74, 6) is 0.613. The Morgan fingerprint density at radius 2 is 1.88 bits per heavy atom. The molecule has 2 fully saturated rings. The Balaban J connectivity index is 1.53. The summed E-state index contributed by atoms with van der Waals surface area (Å²) in [5, 5.41) is 0. The van der Waals surface area contributed by atoms with Gasteiger partial charge in [0, 0.05) is 31.7 Å². The molecule has 1 aromatic rings. The van der Waals surface area contributed by atoms with Crippen LogP contribution in [0.5, 0.6) is 0 Å². The van der Waals surface area contributed by atoms with Crippen LogP contribution in [0.1, 0.15) is 50.2 Å². The van der Waals surface area contributed by atoms with E-state index >= 15 is 0 Å². The zero-order valence-electron chi connectivity index (χ0n) is 16.0. The van der Waals surface area contributed by atoms with Gasteiger partial charge < -0.3 is 4.90 Å². The van der Waals surface area contributed by atoms with Crippen molar-refractivity contribution in [1.29, 1.82) is 0 Å². The molecule has 2 aliphatic heterocycles. The van der Waals surface area contributed by atoms with Crippen LogP contribution in [0.15, 0.2) is 24.3 Å². The predicted octanol–water partition coefficient (Wildman–Crippen LogP) is 3.41. The standard InChI is InChI=1S/C21H35N3/c1-17(2)19-7-5-6-18(14-19)15-23(4)21-10-13-24(16-21)20-8-11-22(3)12-9-20/h5-7,14,17,20-21H,8-13,15-16H2,1-4H3. The predicted molar refractivity (Wildman–Crippen MR) is 102 cm³/mol. The van der Waals surface area contributed by atoms with Crippen molar-refractivity contribution in [2.24, 2.45) is 0 Å². The molecule has 3 heteroatoms. The normalized spacial score (nSPS) is 24.3. The molecule has 2 saturated heterocycles. The van der Waals surface area contributed by atoms with Crippen LogP contribution in [0.3, 0.4) is 0 Å². The van der Waals surface area contributed by atoms with Gasteiger partial charge in [0.1, 0.15) is 0 Å². The van der Waals surface area contributed by atoms with Gasteiger partial charge >= 0.3 is 0 Å². The number of likely N-dealkylation sites (tertiary alicyclic amines) is 2. The summed E-state index contributed by atoms with van der Waals surface area (Å²) >= 11 is 0. The summed E-state index contributed by atoms with van der Waals surface area (Å²) < 4.78 is 0. The molecular formula is C21H35N3. The molecule has 0 saturated carbocycles. The Morgan fingerprint density at radius 1 is 1.12 bits per heavy atom. The Bertz CT molecular complexity index is 520. The van der Waals surface area contributed by atoms with E-state index in [0.717, 1.165) is 12.6 Å². The minimum atomic E-state index is 0.613. The molecule has 0 spiro atoms. The van der Waals surface area contributed by atoms with Gasteiger partial charge in [-0.3, -0.25) is 9.80 Å². The van der Waals surface area contributed by atoms with E-state index in [1.165, 1.54) is 56.6 Å². The molecule has 2 heterocycles. The first-order valence-corrected chi connectivity index (χ1v) is 9.74. The van der Waals surface area contributed by atoms with Crippen molar-refractivity contribution in [3.8, 4) is 0 Å². The minimum absolute atomic E-state index is 0.613. The lowest BCUT2D eigenvalue weighted by atomic mass is 10.0. The molecule has 24 heavy (non-hydrogen) atoms. The lowest BCUT2D eigenvalue weighted by Crippen LogP contribution is -2.44. The molecule has 2 aliphatic rings. The summed E-state index contributed by atoms with van der Waals surface area (Å²) in [6.07, 6.45) is 4.03. The molecule has 0 amide bonds. The highest BCUT2D eigenvalue weighted by atomic mass is 15.3. The largest absolute Gasteiger partial charge is 0.306 e. The first-order chi connectivity index (χ1) is 11.5. The van der Waals surface area contributed by atoms with Gasteiger partial charge in [-0.15, -0.1) is 0 Å². The van der Waals surface area contributed by atoms with Gasteiger partial charge in [0.15, 0.2) is 0 Å². The van der Waals surface area contributed by atoms with Gasteiger partial charge in [0.25, 0.3) is 0 Å². The molecule has 0 aromatic heterocycles. The summed E-state index contributed by atoms with van der Waals surface area (Å²) in [6, 6.07) is 10.7. The van der Waals surface area contributed by atoms with Crippen LogP contribution in [-0.4, -0.2) is 67.1 Å². The van der Waals surface area contributed by atoms with Crippen LogP contribution < -0.4 is 0 Å². The van der Waals surface area contributed by atoms with Crippen molar-refractivity contribution in [3.05, 3.63) is 35.4 Å². The fourth-order valence-electron chi connectivity index (χ4n) is 4.29. The fraction of sp³-hybridized carbons (Fsp3) is 0.714. The number of benzene rings is 1. The summed E-state index contributed by atoms with van der Waals surface area (Å²) in [5.41, 5.74) is 2.92. The van der Waals surface area contributed by atoms with Crippen molar-refractivity contribution in [1.82, 2.24) is 14.7 Å². The van der Waals surface area contributed by atoms with E-state index in [2.05, 4.69) is 66.9 Å². The topological polar surface area (TPSA) is 9.72 Å². The molecule has 3 nitrogen and oxygen atoms in total. The van der Waals surface area contributed by atoms with Crippen molar-refractivity contribution in [2.75, 3.05) is 40.3 Å². The molecule has 0 radical (unpaired) electrons. The van der Waals surface area contributed by atoms with E-state index in [4.69, 9.17) is 0 Å². The molecule has 1 aromatic carbocycles. The molecule has 1 unspecified atom stereocenters. The molecule has 3 rings (SSSR count). The average Bonchev–Trinajstić information content (AvgIpc) is 3.06. The maximum atomic E-state index is 2.76. The van der Waals surface area contributed by atoms with Crippen LogP contribution in [0.4, 0.5) is 0 Å². The summed E-state index contributed by atoms with van der Waals surface area (Å²) in [6.45, 7) is 10.7. The van der Waals surface area contributed by atoms with Crippen molar-refractivity contribution >= 4 is 0 Å². The molecule has 0 N–H and O–H groups in total. The Hall–Kier alpha value is -0.900. The quantitative estimate of drug-likeness (QED) is 0.820. The van der Waals surface area contributed by atoms with Crippen molar-refractivity contribution in [3.63, 3.8) is 0 Å².